The number of aliphatic hydroxyl groups excluding tert-OH is 1. The smallest absolute Gasteiger partial charge is 0.245 e. The molecule has 0 aliphatic carbocycles. The van der Waals surface area contributed by atoms with Crippen LogP contribution in [0.15, 0.2) is 24.3 Å². The molecular weight excluding hydrogens is 251 g/mol. The molecule has 0 unspecified atom stereocenters. The first-order chi connectivity index (χ1) is 9.02. The Morgan fingerprint density at radius 3 is 2.53 bits per heavy atom. The Hall–Kier alpha value is -1.95. The molecule has 0 radical (unpaired) electrons. The number of hydrogen-bond donors (Lipinski definition) is 2. The first-order valence-corrected chi connectivity index (χ1v) is 5.99. The van der Waals surface area contributed by atoms with Gasteiger partial charge >= 0.3 is 0 Å². The Kier molecular flexibility index (Phi) is 3.80. The van der Waals surface area contributed by atoms with Gasteiger partial charge in [-0.25, -0.2) is 4.39 Å². The minimum atomic E-state index is -0.895. The molecule has 0 spiro atoms. The van der Waals surface area contributed by atoms with Gasteiger partial charge < -0.3 is 15.3 Å². The number of carbonyl (C=O) groups is 2. The molecule has 1 aromatic rings. The van der Waals surface area contributed by atoms with E-state index in [4.69, 9.17) is 0 Å². The van der Waals surface area contributed by atoms with Crippen molar-refractivity contribution < 1.29 is 19.1 Å². The van der Waals surface area contributed by atoms with Gasteiger partial charge in [0.1, 0.15) is 17.9 Å². The number of rotatable bonds is 3. The molecular formula is C13H15FN2O3. The first kappa shape index (κ1) is 13.5. The predicted octanol–water partition coefficient (Wildman–Crippen LogP) is 0.0335. The Morgan fingerprint density at radius 2 is 1.95 bits per heavy atom. The summed E-state index contributed by atoms with van der Waals surface area (Å²) in [4.78, 5) is 25.1. The zero-order valence-electron chi connectivity index (χ0n) is 10.5. The van der Waals surface area contributed by atoms with Crippen molar-refractivity contribution in [2.75, 3.05) is 6.61 Å². The van der Waals surface area contributed by atoms with E-state index in [-0.39, 0.29) is 24.2 Å². The molecule has 0 bridgehead atoms. The summed E-state index contributed by atoms with van der Waals surface area (Å²) < 4.78 is 12.8. The number of aliphatic hydroxyl groups is 1. The first-order valence-electron chi connectivity index (χ1n) is 5.99. The Balaban J connectivity index is 2.21. The van der Waals surface area contributed by atoms with E-state index >= 15 is 0 Å². The largest absolute Gasteiger partial charge is 0.394 e. The molecule has 6 heteroatoms. The van der Waals surface area contributed by atoms with Gasteiger partial charge in [0, 0.05) is 6.54 Å². The van der Waals surface area contributed by atoms with Crippen LogP contribution >= 0.6 is 0 Å². The summed E-state index contributed by atoms with van der Waals surface area (Å²) in [5, 5.41) is 11.7. The number of amides is 2. The molecule has 1 aliphatic heterocycles. The molecule has 1 aromatic carbocycles. The van der Waals surface area contributed by atoms with Crippen LogP contribution in [0.2, 0.25) is 0 Å². The number of halogens is 1. The van der Waals surface area contributed by atoms with Gasteiger partial charge in [-0.05, 0) is 24.6 Å². The number of nitrogens with one attached hydrogen (secondary N) is 1. The molecule has 0 saturated carbocycles. The van der Waals surface area contributed by atoms with Crippen LogP contribution in [0, 0.1) is 5.82 Å². The monoisotopic (exact) mass is 266 g/mol. The quantitative estimate of drug-likeness (QED) is 0.811. The van der Waals surface area contributed by atoms with Gasteiger partial charge in [0.25, 0.3) is 0 Å². The summed E-state index contributed by atoms with van der Waals surface area (Å²) >= 11 is 0. The van der Waals surface area contributed by atoms with Crippen molar-refractivity contribution >= 4 is 11.8 Å². The van der Waals surface area contributed by atoms with Crippen molar-refractivity contribution in [2.45, 2.75) is 25.6 Å². The van der Waals surface area contributed by atoms with Gasteiger partial charge in [-0.15, -0.1) is 0 Å². The molecule has 1 heterocycles. The molecule has 1 saturated heterocycles. The van der Waals surface area contributed by atoms with E-state index < -0.39 is 18.7 Å². The SMILES string of the molecule is C[C@@H]1NC(=O)[C@H](CO)N(Cc2ccc(F)cc2)C1=O. The fourth-order valence-corrected chi connectivity index (χ4v) is 2.07. The normalized spacial score (nSPS) is 23.4. The van der Waals surface area contributed by atoms with E-state index in [1.165, 1.54) is 17.0 Å². The molecule has 19 heavy (non-hydrogen) atoms. The maximum atomic E-state index is 12.8. The van der Waals surface area contributed by atoms with Crippen LogP contribution < -0.4 is 5.32 Å². The topological polar surface area (TPSA) is 69.6 Å². The predicted molar refractivity (Wildman–Crippen MR) is 65.4 cm³/mol. The van der Waals surface area contributed by atoms with E-state index in [0.29, 0.717) is 5.56 Å². The third-order valence-corrected chi connectivity index (χ3v) is 3.13. The molecule has 2 amide bonds. The zero-order chi connectivity index (χ0) is 14.0. The highest BCUT2D eigenvalue weighted by Gasteiger charge is 2.37. The van der Waals surface area contributed by atoms with E-state index in [9.17, 15) is 19.1 Å². The van der Waals surface area contributed by atoms with Gasteiger partial charge in [0.15, 0.2) is 0 Å². The average Bonchev–Trinajstić information content (AvgIpc) is 2.38. The third-order valence-electron chi connectivity index (χ3n) is 3.13. The van der Waals surface area contributed by atoms with Crippen LogP contribution in [-0.2, 0) is 16.1 Å². The lowest BCUT2D eigenvalue weighted by atomic mass is 10.1. The number of benzene rings is 1. The summed E-state index contributed by atoms with van der Waals surface area (Å²) in [7, 11) is 0. The van der Waals surface area contributed by atoms with Gasteiger partial charge in [-0.1, -0.05) is 12.1 Å². The van der Waals surface area contributed by atoms with Crippen LogP contribution in [0.25, 0.3) is 0 Å². The number of hydrogen-bond acceptors (Lipinski definition) is 3. The fourth-order valence-electron chi connectivity index (χ4n) is 2.07. The molecule has 1 aliphatic rings. The lowest BCUT2D eigenvalue weighted by molar-refractivity contribution is -0.151. The van der Waals surface area contributed by atoms with Crippen LogP contribution in [0.1, 0.15) is 12.5 Å². The summed E-state index contributed by atoms with van der Waals surface area (Å²) in [5.74, 6) is -1.00. The molecule has 2 N–H and O–H groups in total. The lowest BCUT2D eigenvalue weighted by Crippen LogP contribution is -2.63. The van der Waals surface area contributed by atoms with Crippen LogP contribution in [-0.4, -0.2) is 40.5 Å². The highest BCUT2D eigenvalue weighted by atomic mass is 19.1. The Bertz CT molecular complexity index is 489. The maximum Gasteiger partial charge on any atom is 0.245 e. The summed E-state index contributed by atoms with van der Waals surface area (Å²) in [6, 6.07) is 4.18. The second-order valence-corrected chi connectivity index (χ2v) is 4.52. The number of nitrogens with zero attached hydrogens (tertiary/aromatic N) is 1. The zero-order valence-corrected chi connectivity index (χ0v) is 10.5. The van der Waals surface area contributed by atoms with E-state index in [1.54, 1.807) is 19.1 Å². The van der Waals surface area contributed by atoms with Crippen LogP contribution in [0.5, 0.6) is 0 Å². The van der Waals surface area contributed by atoms with E-state index in [1.807, 2.05) is 0 Å². The number of carbonyl (C=O) groups excluding carboxylic acids is 2. The molecule has 0 aromatic heterocycles. The van der Waals surface area contributed by atoms with E-state index in [2.05, 4.69) is 5.32 Å². The van der Waals surface area contributed by atoms with Gasteiger partial charge in [-0.2, -0.15) is 0 Å². The molecule has 2 rings (SSSR count). The standard InChI is InChI=1S/C13H15FN2O3/c1-8-13(19)16(11(7-17)12(18)15-8)6-9-2-4-10(14)5-3-9/h2-5,8,11,17H,6-7H2,1H3,(H,15,18)/t8-,11-/m0/s1. The summed E-state index contributed by atoms with van der Waals surface area (Å²) in [5.41, 5.74) is 0.704. The van der Waals surface area contributed by atoms with Crippen molar-refractivity contribution in [1.29, 1.82) is 0 Å². The number of piperazine rings is 1. The summed E-state index contributed by atoms with van der Waals surface area (Å²) in [6.45, 7) is 1.32. The van der Waals surface area contributed by atoms with Gasteiger partial charge in [0.05, 0.1) is 6.61 Å². The highest BCUT2D eigenvalue weighted by Crippen LogP contribution is 2.15. The summed E-state index contributed by atoms with van der Waals surface area (Å²) in [6.07, 6.45) is 0. The molecule has 1 fully saturated rings. The van der Waals surface area contributed by atoms with Crippen molar-refractivity contribution in [3.05, 3.63) is 35.6 Å². The van der Waals surface area contributed by atoms with Crippen LogP contribution in [0.4, 0.5) is 4.39 Å². The Labute approximate surface area is 110 Å². The van der Waals surface area contributed by atoms with Crippen molar-refractivity contribution in [3.8, 4) is 0 Å². The second-order valence-electron chi connectivity index (χ2n) is 4.52. The van der Waals surface area contributed by atoms with Crippen LogP contribution in [0.3, 0.4) is 0 Å². The van der Waals surface area contributed by atoms with Gasteiger partial charge in [-0.3, -0.25) is 9.59 Å². The minimum Gasteiger partial charge on any atom is -0.394 e. The highest BCUT2D eigenvalue weighted by molar-refractivity contribution is 5.96. The third kappa shape index (κ3) is 2.73. The second kappa shape index (κ2) is 5.36. The average molecular weight is 266 g/mol. The minimum absolute atomic E-state index is 0.169. The fraction of sp³-hybridized carbons (Fsp3) is 0.385. The van der Waals surface area contributed by atoms with Gasteiger partial charge in [0.2, 0.25) is 11.8 Å². The maximum absolute atomic E-state index is 12.8. The molecule has 2 atom stereocenters. The molecule has 102 valence electrons. The lowest BCUT2D eigenvalue weighted by Gasteiger charge is -2.37. The van der Waals surface area contributed by atoms with Crippen molar-refractivity contribution in [2.24, 2.45) is 0 Å². The Morgan fingerprint density at radius 1 is 1.32 bits per heavy atom. The molecule has 5 nitrogen and oxygen atoms in total. The van der Waals surface area contributed by atoms with Crippen molar-refractivity contribution in [3.63, 3.8) is 0 Å². The van der Waals surface area contributed by atoms with E-state index in [0.717, 1.165) is 0 Å². The van der Waals surface area contributed by atoms with Crippen molar-refractivity contribution in [1.82, 2.24) is 10.2 Å².